The number of rotatable bonds is 4. The predicted octanol–water partition coefficient (Wildman–Crippen LogP) is -0.436. The molecule has 2 aliphatic heterocycles. The van der Waals surface area contributed by atoms with Crippen molar-refractivity contribution in [2.45, 2.75) is 36.6 Å². The number of quaternary nitrogens is 1. The highest BCUT2D eigenvalue weighted by Crippen LogP contribution is 2.32. The standard InChI is InChI=1S/C9H17N3OS/c10-4-2-1-3-7-8-6(5-14-7)11-9(13)12-8/h6-8H,1-5,10H2,(H2,11,12,13)/p+1/t6-,7?,8-/m0/s1. The van der Waals surface area contributed by atoms with Crippen LogP contribution in [0.15, 0.2) is 0 Å². The fourth-order valence-electron chi connectivity index (χ4n) is 2.17. The molecule has 14 heavy (non-hydrogen) atoms. The van der Waals surface area contributed by atoms with Crippen LogP contribution >= 0.6 is 11.8 Å². The monoisotopic (exact) mass is 216 g/mol. The third-order valence-electron chi connectivity index (χ3n) is 2.93. The van der Waals surface area contributed by atoms with Gasteiger partial charge in [-0.3, -0.25) is 0 Å². The topological polar surface area (TPSA) is 68.8 Å². The molecule has 2 saturated heterocycles. The normalized spacial score (nSPS) is 35.2. The summed E-state index contributed by atoms with van der Waals surface area (Å²) in [4.78, 5) is 11.1. The van der Waals surface area contributed by atoms with E-state index in [0.717, 1.165) is 12.3 Å². The minimum Gasteiger partial charge on any atom is -0.358 e. The highest BCUT2D eigenvalue weighted by atomic mass is 32.2. The summed E-state index contributed by atoms with van der Waals surface area (Å²) in [7, 11) is 0. The molecule has 5 N–H and O–H groups in total. The van der Waals surface area contributed by atoms with Crippen molar-refractivity contribution in [1.82, 2.24) is 10.6 Å². The summed E-state index contributed by atoms with van der Waals surface area (Å²) in [6.07, 6.45) is 3.65. The Morgan fingerprint density at radius 1 is 1.43 bits per heavy atom. The maximum absolute atomic E-state index is 11.1. The Bertz CT molecular complexity index is 224. The minimum absolute atomic E-state index is 0.0162. The van der Waals surface area contributed by atoms with Crippen molar-refractivity contribution in [2.75, 3.05) is 12.3 Å². The Labute approximate surface area is 88.4 Å². The Hall–Kier alpha value is -0.420. The van der Waals surface area contributed by atoms with Gasteiger partial charge in [0, 0.05) is 11.0 Å². The lowest BCUT2D eigenvalue weighted by atomic mass is 10.0. The predicted molar refractivity (Wildman–Crippen MR) is 57.1 cm³/mol. The lowest BCUT2D eigenvalue weighted by Crippen LogP contribution is -2.50. The number of hydrogen-bond acceptors (Lipinski definition) is 2. The molecule has 0 radical (unpaired) electrons. The first-order valence-electron chi connectivity index (χ1n) is 5.29. The Kier molecular flexibility index (Phi) is 3.18. The molecule has 0 aliphatic carbocycles. The molecule has 0 aromatic heterocycles. The van der Waals surface area contributed by atoms with Crippen LogP contribution in [0, 0.1) is 0 Å². The molecular formula is C9H18N3OS+. The van der Waals surface area contributed by atoms with Crippen LogP contribution in [0.1, 0.15) is 19.3 Å². The zero-order valence-corrected chi connectivity index (χ0v) is 9.11. The van der Waals surface area contributed by atoms with Crippen LogP contribution in [-0.2, 0) is 0 Å². The van der Waals surface area contributed by atoms with Gasteiger partial charge in [-0.25, -0.2) is 4.79 Å². The number of amides is 2. The molecule has 0 spiro atoms. The summed E-state index contributed by atoms with van der Waals surface area (Å²) >= 11 is 1.99. The average molecular weight is 216 g/mol. The fourth-order valence-corrected chi connectivity index (χ4v) is 3.71. The van der Waals surface area contributed by atoms with E-state index in [4.69, 9.17) is 0 Å². The second-order valence-electron chi connectivity index (χ2n) is 3.97. The highest BCUT2D eigenvalue weighted by Gasteiger charge is 2.42. The van der Waals surface area contributed by atoms with Gasteiger partial charge >= 0.3 is 6.03 Å². The maximum Gasteiger partial charge on any atom is 0.315 e. The third-order valence-corrected chi connectivity index (χ3v) is 4.44. The molecule has 0 saturated carbocycles. The van der Waals surface area contributed by atoms with Crippen LogP contribution in [-0.4, -0.2) is 35.7 Å². The van der Waals surface area contributed by atoms with Crippen molar-refractivity contribution < 1.29 is 10.5 Å². The molecule has 2 amide bonds. The molecule has 1 unspecified atom stereocenters. The molecule has 2 aliphatic rings. The summed E-state index contributed by atoms with van der Waals surface area (Å²) in [6.45, 7) is 1.02. The van der Waals surface area contributed by atoms with Gasteiger partial charge < -0.3 is 16.4 Å². The van der Waals surface area contributed by atoms with Crippen LogP contribution in [0.2, 0.25) is 0 Å². The van der Waals surface area contributed by atoms with Gasteiger partial charge in [0.1, 0.15) is 0 Å². The molecule has 4 nitrogen and oxygen atoms in total. The van der Waals surface area contributed by atoms with Gasteiger partial charge in [-0.15, -0.1) is 0 Å². The van der Waals surface area contributed by atoms with Crippen molar-refractivity contribution in [2.24, 2.45) is 0 Å². The largest absolute Gasteiger partial charge is 0.358 e. The van der Waals surface area contributed by atoms with Crippen molar-refractivity contribution in [1.29, 1.82) is 0 Å². The molecule has 0 aromatic carbocycles. The van der Waals surface area contributed by atoms with Crippen LogP contribution in [0.5, 0.6) is 0 Å². The maximum atomic E-state index is 11.1. The number of fused-ring (bicyclic) bond motifs is 1. The van der Waals surface area contributed by atoms with E-state index in [1.165, 1.54) is 19.3 Å². The molecule has 3 atom stereocenters. The van der Waals surface area contributed by atoms with E-state index in [0.29, 0.717) is 17.3 Å². The van der Waals surface area contributed by atoms with Gasteiger partial charge in [-0.05, 0) is 19.3 Å². The van der Waals surface area contributed by atoms with Crippen LogP contribution in [0.4, 0.5) is 4.79 Å². The number of carbonyl (C=O) groups excluding carboxylic acids is 1. The highest BCUT2D eigenvalue weighted by molar-refractivity contribution is 8.00. The van der Waals surface area contributed by atoms with E-state index in [2.05, 4.69) is 16.4 Å². The van der Waals surface area contributed by atoms with Gasteiger partial charge in [0.2, 0.25) is 0 Å². The van der Waals surface area contributed by atoms with Gasteiger partial charge in [0.05, 0.1) is 18.6 Å². The first kappa shape index (κ1) is 10.1. The summed E-state index contributed by atoms with van der Waals surface area (Å²) in [6, 6.07) is 0.761. The Morgan fingerprint density at radius 2 is 2.29 bits per heavy atom. The van der Waals surface area contributed by atoms with E-state index >= 15 is 0 Å². The number of nitrogens with one attached hydrogen (secondary N) is 2. The Balaban J connectivity index is 1.80. The Morgan fingerprint density at radius 3 is 3.07 bits per heavy atom. The fraction of sp³-hybridized carbons (Fsp3) is 0.889. The minimum atomic E-state index is 0.0162. The van der Waals surface area contributed by atoms with Crippen molar-refractivity contribution in [3.63, 3.8) is 0 Å². The molecule has 2 fully saturated rings. The van der Waals surface area contributed by atoms with E-state index in [9.17, 15) is 4.79 Å². The van der Waals surface area contributed by atoms with E-state index in [1.54, 1.807) is 0 Å². The number of urea groups is 1. The molecular weight excluding hydrogens is 198 g/mol. The second-order valence-corrected chi connectivity index (χ2v) is 5.24. The van der Waals surface area contributed by atoms with Gasteiger partial charge in [0.25, 0.3) is 0 Å². The van der Waals surface area contributed by atoms with Crippen LogP contribution < -0.4 is 16.4 Å². The van der Waals surface area contributed by atoms with Gasteiger partial charge in [-0.1, -0.05) is 0 Å². The van der Waals surface area contributed by atoms with Crippen molar-refractivity contribution in [3.05, 3.63) is 0 Å². The number of unbranched alkanes of at least 4 members (excludes halogenated alkanes) is 1. The number of thioether (sulfide) groups is 1. The lowest BCUT2D eigenvalue weighted by Gasteiger charge is -2.15. The molecule has 0 bridgehead atoms. The first-order valence-corrected chi connectivity index (χ1v) is 6.34. The second kappa shape index (κ2) is 4.40. The van der Waals surface area contributed by atoms with Gasteiger partial charge in [-0.2, -0.15) is 11.8 Å². The van der Waals surface area contributed by atoms with Crippen LogP contribution in [0.25, 0.3) is 0 Å². The molecule has 80 valence electrons. The van der Waals surface area contributed by atoms with Crippen molar-refractivity contribution >= 4 is 17.8 Å². The first-order chi connectivity index (χ1) is 6.81. The summed E-state index contributed by atoms with van der Waals surface area (Å²) in [5, 5.41) is 6.58. The number of hydrogen-bond donors (Lipinski definition) is 3. The van der Waals surface area contributed by atoms with E-state index < -0.39 is 0 Å². The molecule has 5 heteroatoms. The average Bonchev–Trinajstić information content (AvgIpc) is 2.66. The van der Waals surface area contributed by atoms with E-state index in [1.807, 2.05) is 11.8 Å². The molecule has 2 rings (SSSR count). The lowest BCUT2D eigenvalue weighted by molar-refractivity contribution is -0.368. The van der Waals surface area contributed by atoms with Gasteiger partial charge in [0.15, 0.2) is 0 Å². The van der Waals surface area contributed by atoms with Crippen molar-refractivity contribution in [3.8, 4) is 0 Å². The zero-order chi connectivity index (χ0) is 9.97. The quantitative estimate of drug-likeness (QED) is 0.441. The van der Waals surface area contributed by atoms with Crippen LogP contribution in [0.3, 0.4) is 0 Å². The summed E-state index contributed by atoms with van der Waals surface area (Å²) < 4.78 is 0. The zero-order valence-electron chi connectivity index (χ0n) is 8.29. The number of carbonyl (C=O) groups is 1. The smallest absolute Gasteiger partial charge is 0.315 e. The third kappa shape index (κ3) is 1.98. The molecule has 0 aromatic rings. The summed E-state index contributed by atoms with van der Waals surface area (Å²) in [5.41, 5.74) is 3.84. The van der Waals surface area contributed by atoms with E-state index in [-0.39, 0.29) is 6.03 Å². The SMILES string of the molecule is [NH3+]CCCCC1SC[C@@H]2NC(=O)N[C@H]12. The summed E-state index contributed by atoms with van der Waals surface area (Å²) in [5.74, 6) is 1.07. The molecule has 2 heterocycles.